The van der Waals surface area contributed by atoms with Gasteiger partial charge in [-0.05, 0) is 59.7 Å². The number of rotatable bonds is 3. The van der Waals surface area contributed by atoms with E-state index in [1.807, 2.05) is 30.3 Å². The summed E-state index contributed by atoms with van der Waals surface area (Å²) >= 11 is 0. The average Bonchev–Trinajstić information content (AvgIpc) is 3.74. The molecule has 222 valence electrons. The fourth-order valence-electron chi connectivity index (χ4n) is 7.83. The molecule has 0 bridgehead atoms. The van der Waals surface area contributed by atoms with Gasteiger partial charge in [-0.2, -0.15) is 0 Å². The molecule has 0 N–H and O–H groups in total. The maximum absolute atomic E-state index is 6.11. The summed E-state index contributed by atoms with van der Waals surface area (Å²) in [4.78, 5) is 10.4. The fraction of sp³-hybridized carbons (Fsp3) is 0.0698. The Bertz CT molecular complexity index is 2710. The first-order valence-corrected chi connectivity index (χ1v) is 16.1. The molecule has 0 unspecified atom stereocenters. The van der Waals surface area contributed by atoms with Gasteiger partial charge in [0.05, 0.1) is 22.4 Å². The maximum Gasteiger partial charge on any atom is 0.160 e. The lowest BCUT2D eigenvalue weighted by molar-refractivity contribution is 0.666. The van der Waals surface area contributed by atoms with Crippen LogP contribution >= 0.6 is 0 Å². The predicted molar refractivity (Wildman–Crippen MR) is 192 cm³/mol. The number of nitrogens with zero attached hydrogens (tertiary/aromatic N) is 3. The molecule has 0 aliphatic heterocycles. The van der Waals surface area contributed by atoms with Gasteiger partial charge >= 0.3 is 0 Å². The molecule has 0 spiro atoms. The van der Waals surface area contributed by atoms with E-state index in [1.165, 1.54) is 33.3 Å². The van der Waals surface area contributed by atoms with Gasteiger partial charge in [-0.15, -0.1) is 0 Å². The number of hydrogen-bond donors (Lipinski definition) is 0. The van der Waals surface area contributed by atoms with Gasteiger partial charge in [0.25, 0.3) is 0 Å². The molecule has 0 radical (unpaired) electrons. The van der Waals surface area contributed by atoms with Gasteiger partial charge in [-0.25, -0.2) is 9.97 Å². The van der Waals surface area contributed by atoms with E-state index in [1.54, 1.807) is 0 Å². The van der Waals surface area contributed by atoms with E-state index in [0.29, 0.717) is 5.82 Å². The van der Waals surface area contributed by atoms with Crippen LogP contribution in [0.3, 0.4) is 0 Å². The Balaban J connectivity index is 1.23. The Hall–Kier alpha value is -6.00. The molecule has 0 saturated heterocycles. The molecule has 9 aromatic rings. The lowest BCUT2D eigenvalue weighted by Gasteiger charge is -2.21. The molecule has 4 heteroatoms. The largest absolute Gasteiger partial charge is 0.456 e. The first-order valence-electron chi connectivity index (χ1n) is 16.1. The van der Waals surface area contributed by atoms with Crippen molar-refractivity contribution in [2.75, 3.05) is 0 Å². The van der Waals surface area contributed by atoms with Crippen LogP contribution in [0.15, 0.2) is 144 Å². The number of hydrogen-bond acceptors (Lipinski definition) is 3. The molecular formula is C43H29N3O. The third-order valence-corrected chi connectivity index (χ3v) is 9.97. The first kappa shape index (κ1) is 26.2. The fourth-order valence-corrected chi connectivity index (χ4v) is 7.83. The molecule has 0 saturated carbocycles. The molecule has 10 rings (SSSR count). The van der Waals surface area contributed by atoms with Crippen molar-refractivity contribution < 1.29 is 4.42 Å². The highest BCUT2D eigenvalue weighted by molar-refractivity contribution is 6.06. The zero-order valence-electron chi connectivity index (χ0n) is 26.0. The van der Waals surface area contributed by atoms with E-state index >= 15 is 0 Å². The summed E-state index contributed by atoms with van der Waals surface area (Å²) in [5.41, 5.74) is 13.1. The molecule has 1 aliphatic rings. The monoisotopic (exact) mass is 603 g/mol. The Labute approximate surface area is 271 Å². The third kappa shape index (κ3) is 3.70. The second kappa shape index (κ2) is 9.51. The van der Waals surface area contributed by atoms with Crippen molar-refractivity contribution in [1.29, 1.82) is 0 Å². The van der Waals surface area contributed by atoms with Crippen molar-refractivity contribution in [2.45, 2.75) is 19.3 Å². The van der Waals surface area contributed by atoms with Crippen molar-refractivity contribution in [3.8, 4) is 39.6 Å². The van der Waals surface area contributed by atoms with E-state index in [2.05, 4.69) is 128 Å². The minimum Gasteiger partial charge on any atom is -0.456 e. The van der Waals surface area contributed by atoms with E-state index in [4.69, 9.17) is 14.4 Å². The summed E-state index contributed by atoms with van der Waals surface area (Å²) in [5, 5.41) is 4.47. The number of furan rings is 1. The summed E-state index contributed by atoms with van der Waals surface area (Å²) in [6, 6.07) is 49.1. The zero-order chi connectivity index (χ0) is 31.3. The van der Waals surface area contributed by atoms with Gasteiger partial charge in [-0.1, -0.05) is 105 Å². The van der Waals surface area contributed by atoms with Crippen molar-refractivity contribution in [1.82, 2.24) is 14.5 Å². The van der Waals surface area contributed by atoms with Gasteiger partial charge in [0.1, 0.15) is 11.2 Å². The third-order valence-electron chi connectivity index (χ3n) is 9.97. The first-order chi connectivity index (χ1) is 23.1. The van der Waals surface area contributed by atoms with Crippen molar-refractivity contribution in [3.05, 3.63) is 151 Å². The van der Waals surface area contributed by atoms with Crippen LogP contribution in [0.25, 0.3) is 83.3 Å². The highest BCUT2D eigenvalue weighted by Crippen LogP contribution is 2.53. The summed E-state index contributed by atoms with van der Waals surface area (Å²) in [5.74, 6) is 0.694. The van der Waals surface area contributed by atoms with Crippen LogP contribution in [0.5, 0.6) is 0 Å². The second-order valence-corrected chi connectivity index (χ2v) is 13.0. The molecule has 0 amide bonds. The number of benzene rings is 6. The van der Waals surface area contributed by atoms with Gasteiger partial charge in [0.2, 0.25) is 0 Å². The topological polar surface area (TPSA) is 43.9 Å². The van der Waals surface area contributed by atoms with Crippen LogP contribution in [0.1, 0.15) is 25.0 Å². The minimum absolute atomic E-state index is 0.109. The van der Waals surface area contributed by atoms with Crippen LogP contribution in [-0.4, -0.2) is 14.5 Å². The van der Waals surface area contributed by atoms with Crippen LogP contribution in [0.4, 0.5) is 0 Å². The van der Waals surface area contributed by atoms with E-state index < -0.39 is 0 Å². The summed E-state index contributed by atoms with van der Waals surface area (Å²) in [6.45, 7) is 4.70. The van der Waals surface area contributed by atoms with Crippen molar-refractivity contribution in [3.63, 3.8) is 0 Å². The van der Waals surface area contributed by atoms with Crippen LogP contribution in [0, 0.1) is 0 Å². The lowest BCUT2D eigenvalue weighted by Crippen LogP contribution is -2.14. The Kier molecular flexibility index (Phi) is 5.31. The smallest absolute Gasteiger partial charge is 0.160 e. The molecule has 6 aromatic carbocycles. The highest BCUT2D eigenvalue weighted by Gasteiger charge is 2.40. The lowest BCUT2D eigenvalue weighted by atomic mass is 9.81. The molecule has 0 fully saturated rings. The standard InChI is InChI=1S/C43H29N3O/c1-43(2)34-17-9-6-15-30(34)41-39(43)31-16-7-10-18-36(31)46(41)28-21-22-35-33(25-28)40(26-12-4-3-5-13-26)45-42(44-35)27-20-23-38-32(24-27)29-14-8-11-19-37(29)47-38/h3-25H,1-2H3. The molecule has 47 heavy (non-hydrogen) atoms. The summed E-state index contributed by atoms with van der Waals surface area (Å²) < 4.78 is 8.55. The van der Waals surface area contributed by atoms with Crippen LogP contribution < -0.4 is 0 Å². The molecule has 3 aromatic heterocycles. The van der Waals surface area contributed by atoms with Gasteiger partial charge in [0.15, 0.2) is 5.82 Å². The Morgan fingerprint density at radius 2 is 1.32 bits per heavy atom. The highest BCUT2D eigenvalue weighted by atomic mass is 16.3. The normalized spacial score (nSPS) is 13.5. The molecule has 4 nitrogen and oxygen atoms in total. The molecule has 0 atom stereocenters. The quantitative estimate of drug-likeness (QED) is 0.202. The number of fused-ring (bicyclic) bond motifs is 9. The minimum atomic E-state index is -0.109. The Morgan fingerprint density at radius 3 is 2.21 bits per heavy atom. The van der Waals surface area contributed by atoms with Crippen molar-refractivity contribution >= 4 is 43.7 Å². The number of para-hydroxylation sites is 2. The molecular weight excluding hydrogens is 574 g/mol. The summed E-state index contributed by atoms with van der Waals surface area (Å²) in [7, 11) is 0. The second-order valence-electron chi connectivity index (χ2n) is 13.0. The van der Waals surface area contributed by atoms with E-state index in [9.17, 15) is 0 Å². The van der Waals surface area contributed by atoms with Crippen molar-refractivity contribution in [2.24, 2.45) is 0 Å². The summed E-state index contributed by atoms with van der Waals surface area (Å²) in [6.07, 6.45) is 0. The van der Waals surface area contributed by atoms with Gasteiger partial charge < -0.3 is 8.98 Å². The van der Waals surface area contributed by atoms with E-state index in [0.717, 1.165) is 55.3 Å². The predicted octanol–water partition coefficient (Wildman–Crippen LogP) is 11.1. The number of aromatic nitrogens is 3. The van der Waals surface area contributed by atoms with Crippen LogP contribution in [-0.2, 0) is 5.41 Å². The molecule has 1 aliphatic carbocycles. The Morgan fingerprint density at radius 1 is 0.574 bits per heavy atom. The van der Waals surface area contributed by atoms with Gasteiger partial charge in [-0.3, -0.25) is 0 Å². The van der Waals surface area contributed by atoms with Gasteiger partial charge in [0, 0.05) is 49.3 Å². The zero-order valence-corrected chi connectivity index (χ0v) is 26.0. The SMILES string of the molecule is CC1(C)c2ccccc2-c2c1c1ccccc1n2-c1ccc2nc(-c3ccc4oc5ccccc5c4c3)nc(-c3ccccc3)c2c1. The maximum atomic E-state index is 6.11. The average molecular weight is 604 g/mol. The van der Waals surface area contributed by atoms with Crippen LogP contribution in [0.2, 0.25) is 0 Å². The van der Waals surface area contributed by atoms with E-state index in [-0.39, 0.29) is 5.41 Å². The molecule has 3 heterocycles.